The molecule has 1 N–H and O–H groups in total. The van der Waals surface area contributed by atoms with Crippen LogP contribution in [0.4, 0.5) is 10.5 Å². The van der Waals surface area contributed by atoms with Crippen LogP contribution in [-0.4, -0.2) is 16.7 Å². The first-order chi connectivity index (χ1) is 7.81. The molecule has 17 heavy (non-hydrogen) atoms. The van der Waals surface area contributed by atoms with Gasteiger partial charge in [0.05, 0.1) is 17.4 Å². The van der Waals surface area contributed by atoms with E-state index in [1.54, 1.807) is 26.8 Å². The largest absolute Gasteiger partial charge is 0.444 e. The fourth-order valence-electron chi connectivity index (χ4n) is 1.04. The molecule has 90 valence electrons. The first kappa shape index (κ1) is 13.7. The highest BCUT2D eigenvalue weighted by Crippen LogP contribution is 2.17. The Morgan fingerprint density at radius 3 is 2.76 bits per heavy atom. The minimum Gasteiger partial charge on any atom is -0.444 e. The number of carbonyl (C=O) groups is 1. The molecule has 0 fully saturated rings. The lowest BCUT2D eigenvalue weighted by atomic mass is 10.2. The molecule has 5 nitrogen and oxygen atoms in total. The van der Waals surface area contributed by atoms with E-state index >= 15 is 0 Å². The second-order valence-electron chi connectivity index (χ2n) is 4.29. The molecule has 0 saturated heterocycles. The summed E-state index contributed by atoms with van der Waals surface area (Å²) in [7, 11) is 0. The van der Waals surface area contributed by atoms with Gasteiger partial charge < -0.3 is 4.74 Å². The number of amides is 1. The zero-order valence-electron chi connectivity index (χ0n) is 9.74. The van der Waals surface area contributed by atoms with E-state index in [-0.39, 0.29) is 0 Å². The highest BCUT2D eigenvalue weighted by Gasteiger charge is 2.17. The maximum atomic E-state index is 11.5. The molecule has 0 aromatic carbocycles. The smallest absolute Gasteiger partial charge is 0.412 e. The van der Waals surface area contributed by atoms with Crippen molar-refractivity contribution >= 4 is 34.4 Å². The van der Waals surface area contributed by atoms with E-state index in [0.29, 0.717) is 15.0 Å². The lowest BCUT2D eigenvalue weighted by Crippen LogP contribution is -2.27. The average molecular weight is 345 g/mol. The van der Waals surface area contributed by atoms with Crippen molar-refractivity contribution < 1.29 is 9.53 Å². The van der Waals surface area contributed by atoms with Crippen molar-refractivity contribution in [2.75, 3.05) is 5.32 Å². The molecule has 1 amide bonds. The summed E-state index contributed by atoms with van der Waals surface area (Å²) in [4.78, 5) is 15.5. The minimum absolute atomic E-state index is 0.349. The number of nitriles is 1. The molecule has 1 aromatic rings. The Morgan fingerprint density at radius 1 is 1.59 bits per heavy atom. The van der Waals surface area contributed by atoms with Crippen LogP contribution in [0.15, 0.2) is 12.3 Å². The van der Waals surface area contributed by atoms with Gasteiger partial charge in [0.15, 0.2) is 0 Å². The van der Waals surface area contributed by atoms with Gasteiger partial charge in [-0.2, -0.15) is 5.26 Å². The van der Waals surface area contributed by atoms with Crippen molar-refractivity contribution in [3.8, 4) is 6.07 Å². The number of pyridine rings is 1. The number of rotatable bonds is 1. The summed E-state index contributed by atoms with van der Waals surface area (Å²) in [6.07, 6.45) is 0.835. The second-order valence-corrected chi connectivity index (χ2v) is 5.40. The van der Waals surface area contributed by atoms with Crippen molar-refractivity contribution in [1.82, 2.24) is 4.98 Å². The predicted molar refractivity (Wildman–Crippen MR) is 71.5 cm³/mol. The fourth-order valence-corrected chi connectivity index (χ4v) is 1.49. The molecule has 6 heteroatoms. The van der Waals surface area contributed by atoms with Gasteiger partial charge in [-0.15, -0.1) is 0 Å². The van der Waals surface area contributed by atoms with E-state index in [0.717, 1.165) is 0 Å². The molecule has 0 spiro atoms. The summed E-state index contributed by atoms with van der Waals surface area (Å²) in [6, 6.07) is 3.58. The van der Waals surface area contributed by atoms with Crippen LogP contribution in [0.2, 0.25) is 0 Å². The second kappa shape index (κ2) is 5.31. The Balaban J connectivity index is 2.83. The quantitative estimate of drug-likeness (QED) is 0.627. The Labute approximate surface area is 113 Å². The van der Waals surface area contributed by atoms with Crippen LogP contribution in [0.5, 0.6) is 0 Å². The lowest BCUT2D eigenvalue weighted by molar-refractivity contribution is 0.0636. The molecule has 0 unspecified atom stereocenters. The Morgan fingerprint density at radius 2 is 2.24 bits per heavy atom. The van der Waals surface area contributed by atoms with E-state index in [2.05, 4.69) is 10.3 Å². The summed E-state index contributed by atoms with van der Waals surface area (Å²) in [6.45, 7) is 5.30. The standard InChI is InChI=1S/C11H12IN3O2/c1-11(2,3)17-10(16)15-8-6-14-9(12)4-7(8)5-13/h4,6H,1-3H3,(H,15,16). The van der Waals surface area contributed by atoms with Crippen LogP contribution < -0.4 is 5.32 Å². The molecule has 0 bridgehead atoms. The SMILES string of the molecule is CC(C)(C)OC(=O)Nc1cnc(I)cc1C#N. The highest BCUT2D eigenvalue weighted by molar-refractivity contribution is 14.1. The van der Waals surface area contributed by atoms with Crippen LogP contribution in [0.25, 0.3) is 0 Å². The normalized spacial score (nSPS) is 10.5. The number of carbonyl (C=O) groups excluding carboxylic acids is 1. The Bertz CT molecular complexity index is 475. The summed E-state index contributed by atoms with van der Waals surface area (Å²) in [5, 5.41) is 11.4. The third-order valence-electron chi connectivity index (χ3n) is 1.63. The molecule has 1 heterocycles. The third kappa shape index (κ3) is 4.56. The van der Waals surface area contributed by atoms with E-state index in [1.807, 2.05) is 28.7 Å². The van der Waals surface area contributed by atoms with Crippen LogP contribution in [-0.2, 0) is 4.74 Å². The maximum absolute atomic E-state index is 11.5. The van der Waals surface area contributed by atoms with E-state index < -0.39 is 11.7 Å². The van der Waals surface area contributed by atoms with Crippen molar-refractivity contribution in [1.29, 1.82) is 5.26 Å². The molecule has 1 rings (SSSR count). The lowest BCUT2D eigenvalue weighted by Gasteiger charge is -2.19. The first-order valence-electron chi connectivity index (χ1n) is 4.87. The molecule has 0 radical (unpaired) electrons. The first-order valence-corrected chi connectivity index (χ1v) is 5.95. The highest BCUT2D eigenvalue weighted by atomic mass is 127. The van der Waals surface area contributed by atoms with E-state index in [9.17, 15) is 4.79 Å². The number of halogens is 1. The number of hydrogen-bond donors (Lipinski definition) is 1. The zero-order valence-corrected chi connectivity index (χ0v) is 11.9. The van der Waals surface area contributed by atoms with Crippen LogP contribution in [0, 0.1) is 15.0 Å². The van der Waals surface area contributed by atoms with Gasteiger partial charge in [-0.3, -0.25) is 5.32 Å². The third-order valence-corrected chi connectivity index (χ3v) is 2.22. The summed E-state index contributed by atoms with van der Waals surface area (Å²) < 4.78 is 5.77. The van der Waals surface area contributed by atoms with Crippen LogP contribution in [0.1, 0.15) is 26.3 Å². The molecule has 0 aliphatic rings. The Kier molecular flexibility index (Phi) is 4.28. The van der Waals surface area contributed by atoms with Gasteiger partial charge in [-0.25, -0.2) is 9.78 Å². The van der Waals surface area contributed by atoms with Crippen molar-refractivity contribution in [3.05, 3.63) is 21.5 Å². The molecule has 0 aliphatic heterocycles. The van der Waals surface area contributed by atoms with Gasteiger partial charge in [0.2, 0.25) is 0 Å². The topological polar surface area (TPSA) is 75.0 Å². The van der Waals surface area contributed by atoms with Gasteiger partial charge in [-0.05, 0) is 49.4 Å². The van der Waals surface area contributed by atoms with Crippen molar-refractivity contribution in [2.45, 2.75) is 26.4 Å². The van der Waals surface area contributed by atoms with Crippen molar-refractivity contribution in [2.24, 2.45) is 0 Å². The summed E-state index contributed by atoms with van der Waals surface area (Å²) >= 11 is 2.00. The number of nitrogens with zero attached hydrogens (tertiary/aromatic N) is 2. The van der Waals surface area contributed by atoms with Gasteiger partial charge >= 0.3 is 6.09 Å². The van der Waals surface area contributed by atoms with Crippen molar-refractivity contribution in [3.63, 3.8) is 0 Å². The average Bonchev–Trinajstić information content (AvgIpc) is 2.17. The van der Waals surface area contributed by atoms with Gasteiger partial charge in [0.1, 0.15) is 15.4 Å². The predicted octanol–water partition coefficient (Wildman–Crippen LogP) is 2.90. The summed E-state index contributed by atoms with van der Waals surface area (Å²) in [5.41, 5.74) is 0.130. The molecular formula is C11H12IN3O2. The van der Waals surface area contributed by atoms with E-state index in [4.69, 9.17) is 10.00 Å². The Hall–Kier alpha value is -1.36. The number of nitrogens with one attached hydrogen (secondary N) is 1. The maximum Gasteiger partial charge on any atom is 0.412 e. The number of hydrogen-bond acceptors (Lipinski definition) is 4. The molecule has 0 saturated carbocycles. The number of aromatic nitrogens is 1. The minimum atomic E-state index is -0.600. The molecule has 0 aliphatic carbocycles. The number of anilines is 1. The monoisotopic (exact) mass is 345 g/mol. The molecular weight excluding hydrogens is 333 g/mol. The van der Waals surface area contributed by atoms with E-state index in [1.165, 1.54) is 6.20 Å². The van der Waals surface area contributed by atoms with Crippen LogP contribution in [0.3, 0.4) is 0 Å². The van der Waals surface area contributed by atoms with Gasteiger partial charge in [0, 0.05) is 0 Å². The number of ether oxygens (including phenoxy) is 1. The molecule has 1 aromatic heterocycles. The fraction of sp³-hybridized carbons (Fsp3) is 0.364. The van der Waals surface area contributed by atoms with Crippen LogP contribution >= 0.6 is 22.6 Å². The zero-order chi connectivity index (χ0) is 13.1. The van der Waals surface area contributed by atoms with Gasteiger partial charge in [-0.1, -0.05) is 0 Å². The molecule has 0 atom stereocenters. The summed E-state index contributed by atoms with van der Waals surface area (Å²) in [5.74, 6) is 0. The van der Waals surface area contributed by atoms with Gasteiger partial charge in [0.25, 0.3) is 0 Å².